The van der Waals surface area contributed by atoms with Crippen molar-refractivity contribution in [3.8, 4) is 0 Å². The molecule has 1 atom stereocenters. The van der Waals surface area contributed by atoms with Crippen LogP contribution in [0.4, 0.5) is 28.0 Å². The highest BCUT2D eigenvalue weighted by molar-refractivity contribution is 7.12. The fourth-order valence-corrected chi connectivity index (χ4v) is 5.52. The monoisotopic (exact) mass is 603 g/mol. The van der Waals surface area contributed by atoms with E-state index in [9.17, 15) is 27.2 Å². The third-order valence-corrected chi connectivity index (χ3v) is 8.01. The molecular formula is C29H29F4N5O3S. The van der Waals surface area contributed by atoms with E-state index in [1.54, 1.807) is 12.1 Å². The van der Waals surface area contributed by atoms with E-state index in [-0.39, 0.29) is 18.8 Å². The number of carbonyl (C=O) groups excluding carboxylic acids is 2. The summed E-state index contributed by atoms with van der Waals surface area (Å²) in [6.07, 6.45) is -4.08. The van der Waals surface area contributed by atoms with Crippen molar-refractivity contribution >= 4 is 34.7 Å². The molecule has 8 nitrogen and oxygen atoms in total. The molecule has 3 heterocycles. The zero-order valence-electron chi connectivity index (χ0n) is 22.5. The normalized spacial score (nSPS) is 17.7. The highest BCUT2D eigenvalue weighted by atomic mass is 32.1. The minimum absolute atomic E-state index is 0.167. The van der Waals surface area contributed by atoms with Crippen molar-refractivity contribution in [2.75, 3.05) is 51.3 Å². The minimum Gasteiger partial charge on any atom is -0.379 e. The quantitative estimate of drug-likeness (QED) is 0.348. The van der Waals surface area contributed by atoms with Crippen LogP contribution in [-0.4, -0.2) is 78.4 Å². The maximum atomic E-state index is 13.8. The van der Waals surface area contributed by atoms with Crippen molar-refractivity contribution in [2.24, 2.45) is 5.10 Å². The number of amides is 3. The number of hydrogen-bond acceptors (Lipinski definition) is 6. The van der Waals surface area contributed by atoms with E-state index in [0.717, 1.165) is 17.0 Å². The van der Waals surface area contributed by atoms with E-state index in [2.05, 4.69) is 15.3 Å². The molecule has 2 aliphatic heterocycles. The first kappa shape index (κ1) is 29.7. The Morgan fingerprint density at radius 3 is 2.40 bits per heavy atom. The maximum absolute atomic E-state index is 13.8. The fraction of sp³-hybridized carbons (Fsp3) is 0.345. The summed E-state index contributed by atoms with van der Waals surface area (Å²) in [6, 6.07) is 12.7. The van der Waals surface area contributed by atoms with Gasteiger partial charge in [0.05, 0.1) is 35.4 Å². The topological polar surface area (TPSA) is 77.5 Å². The Labute approximate surface area is 244 Å². The minimum atomic E-state index is -4.50. The number of nitrogens with zero attached hydrogens (tertiary/aromatic N) is 4. The zero-order valence-corrected chi connectivity index (χ0v) is 23.3. The number of urea groups is 1. The smallest absolute Gasteiger partial charge is 0.379 e. The third-order valence-electron chi connectivity index (χ3n) is 7.09. The van der Waals surface area contributed by atoms with Crippen LogP contribution in [0.1, 0.15) is 28.5 Å². The van der Waals surface area contributed by atoms with Crippen LogP contribution >= 0.6 is 11.3 Å². The summed E-state index contributed by atoms with van der Waals surface area (Å²) in [6.45, 7) is 2.81. The van der Waals surface area contributed by atoms with Crippen molar-refractivity contribution in [3.63, 3.8) is 0 Å². The second-order valence-electron chi connectivity index (χ2n) is 9.91. The van der Waals surface area contributed by atoms with Gasteiger partial charge < -0.3 is 15.0 Å². The molecule has 0 aliphatic carbocycles. The number of halogens is 4. The van der Waals surface area contributed by atoms with E-state index >= 15 is 0 Å². The molecule has 1 fully saturated rings. The molecule has 0 radical (unpaired) electrons. The molecule has 0 bridgehead atoms. The highest BCUT2D eigenvalue weighted by Crippen LogP contribution is 2.34. The molecule has 1 unspecified atom stereocenters. The van der Waals surface area contributed by atoms with Crippen molar-refractivity contribution in [1.82, 2.24) is 14.8 Å². The molecule has 42 heavy (non-hydrogen) atoms. The molecule has 13 heteroatoms. The molecule has 222 valence electrons. The number of alkyl halides is 3. The van der Waals surface area contributed by atoms with Crippen molar-refractivity contribution < 1.29 is 31.9 Å². The van der Waals surface area contributed by atoms with Gasteiger partial charge in [0.15, 0.2) is 0 Å². The van der Waals surface area contributed by atoms with Crippen LogP contribution in [0, 0.1) is 5.82 Å². The van der Waals surface area contributed by atoms with Gasteiger partial charge in [-0.25, -0.2) is 14.2 Å². The molecule has 1 N–H and O–H groups in total. The van der Waals surface area contributed by atoms with Gasteiger partial charge in [0.2, 0.25) is 0 Å². The summed E-state index contributed by atoms with van der Waals surface area (Å²) >= 11 is 1.49. The lowest BCUT2D eigenvalue weighted by Crippen LogP contribution is -2.47. The summed E-state index contributed by atoms with van der Waals surface area (Å²) in [5.74, 6) is -0.844. The van der Waals surface area contributed by atoms with E-state index in [4.69, 9.17) is 4.74 Å². The number of hydrazone groups is 1. The molecule has 2 aromatic carbocycles. The van der Waals surface area contributed by atoms with Crippen LogP contribution in [-0.2, 0) is 15.7 Å². The van der Waals surface area contributed by atoms with Crippen molar-refractivity contribution in [3.05, 3.63) is 87.9 Å². The molecule has 1 aromatic heterocycles. The molecule has 3 aromatic rings. The largest absolute Gasteiger partial charge is 0.416 e. The average molecular weight is 604 g/mol. The molecule has 1 saturated heterocycles. The van der Waals surface area contributed by atoms with Crippen LogP contribution in [0.15, 0.2) is 71.1 Å². The van der Waals surface area contributed by atoms with Gasteiger partial charge >= 0.3 is 12.2 Å². The SMILES string of the molecule is O=C(Nc1ccc(C(F)(F)F)cc1)N(CCN1CCOCC1)CC(=O)N1N=C(c2cccs2)CC1c1ccc(F)cc1. The lowest BCUT2D eigenvalue weighted by Gasteiger charge is -2.31. The number of morpholine rings is 1. The van der Waals surface area contributed by atoms with E-state index < -0.39 is 35.5 Å². The Bertz CT molecular complexity index is 1390. The molecule has 2 aliphatic rings. The Balaban J connectivity index is 1.35. The van der Waals surface area contributed by atoms with Crippen LogP contribution in [0.25, 0.3) is 0 Å². The lowest BCUT2D eigenvalue weighted by molar-refractivity contribution is -0.137. The van der Waals surface area contributed by atoms with Gasteiger partial charge in [-0.1, -0.05) is 18.2 Å². The lowest BCUT2D eigenvalue weighted by atomic mass is 10.0. The second kappa shape index (κ2) is 13.0. The van der Waals surface area contributed by atoms with Crippen LogP contribution in [0.3, 0.4) is 0 Å². The average Bonchev–Trinajstić information content (AvgIpc) is 3.67. The van der Waals surface area contributed by atoms with Gasteiger partial charge in [-0.05, 0) is 53.4 Å². The number of nitrogens with one attached hydrogen (secondary N) is 1. The number of carbonyl (C=O) groups is 2. The second-order valence-corrected chi connectivity index (χ2v) is 10.9. The van der Waals surface area contributed by atoms with Gasteiger partial charge in [-0.15, -0.1) is 11.3 Å². The predicted octanol–water partition coefficient (Wildman–Crippen LogP) is 5.45. The summed E-state index contributed by atoms with van der Waals surface area (Å²) in [7, 11) is 0. The van der Waals surface area contributed by atoms with Crippen molar-refractivity contribution in [2.45, 2.75) is 18.6 Å². The van der Waals surface area contributed by atoms with E-state index in [1.807, 2.05) is 17.5 Å². The van der Waals surface area contributed by atoms with E-state index in [1.165, 1.54) is 45.5 Å². The number of rotatable bonds is 8. The molecule has 0 spiro atoms. The van der Waals surface area contributed by atoms with Crippen LogP contribution in [0.2, 0.25) is 0 Å². The summed E-state index contributed by atoms with van der Waals surface area (Å²) in [4.78, 5) is 31.5. The Kier molecular flexibility index (Phi) is 9.19. The standard InChI is InChI=1S/C29H29F4N5O3S/c30-22-7-3-20(4-8-22)25-18-24(26-2-1-17-42-26)35-38(25)27(39)19-37(12-11-36-13-15-41-16-14-36)28(40)34-23-9-5-21(6-10-23)29(31,32)33/h1-10,17,25H,11-16,18-19H2,(H,34,40). The van der Waals surface area contributed by atoms with Crippen LogP contribution < -0.4 is 5.32 Å². The van der Waals surface area contributed by atoms with Crippen molar-refractivity contribution in [1.29, 1.82) is 0 Å². The number of ether oxygens (including phenoxy) is 1. The van der Waals surface area contributed by atoms with Gasteiger partial charge in [0, 0.05) is 38.3 Å². The van der Waals surface area contributed by atoms with Gasteiger partial charge in [0.1, 0.15) is 12.4 Å². The fourth-order valence-electron chi connectivity index (χ4n) is 4.80. The Morgan fingerprint density at radius 2 is 1.76 bits per heavy atom. The highest BCUT2D eigenvalue weighted by Gasteiger charge is 2.35. The zero-order chi connectivity index (χ0) is 29.7. The Morgan fingerprint density at radius 1 is 1.05 bits per heavy atom. The molecular weight excluding hydrogens is 574 g/mol. The summed E-state index contributed by atoms with van der Waals surface area (Å²) in [5.41, 5.74) is 0.746. The van der Waals surface area contributed by atoms with Gasteiger partial charge in [-0.3, -0.25) is 9.69 Å². The van der Waals surface area contributed by atoms with Gasteiger partial charge in [0.25, 0.3) is 5.91 Å². The summed E-state index contributed by atoms with van der Waals surface area (Å²) in [5, 5.41) is 10.5. The first-order chi connectivity index (χ1) is 20.2. The van der Waals surface area contributed by atoms with E-state index in [0.29, 0.717) is 50.5 Å². The maximum Gasteiger partial charge on any atom is 0.416 e. The number of hydrogen-bond donors (Lipinski definition) is 1. The van der Waals surface area contributed by atoms with Gasteiger partial charge in [-0.2, -0.15) is 18.3 Å². The molecule has 5 rings (SSSR count). The predicted molar refractivity (Wildman–Crippen MR) is 151 cm³/mol. The summed E-state index contributed by atoms with van der Waals surface area (Å²) < 4.78 is 58.0. The first-order valence-electron chi connectivity index (χ1n) is 13.4. The first-order valence-corrected chi connectivity index (χ1v) is 14.3. The molecule has 3 amide bonds. The number of thiophene rings is 1. The Hall–Kier alpha value is -3.81. The van der Waals surface area contributed by atoms with Crippen LogP contribution in [0.5, 0.6) is 0 Å². The third kappa shape index (κ3) is 7.33. The number of benzene rings is 2. The molecule has 0 saturated carbocycles. The number of anilines is 1.